The first kappa shape index (κ1) is 27.5. The van der Waals surface area contributed by atoms with Crippen LogP contribution in [0.5, 0.6) is 0 Å². The SMILES string of the molecule is C=CCOC(=O)NCCC(=O)OCCCCCCCCCCCCCCCCC. The van der Waals surface area contributed by atoms with E-state index < -0.39 is 6.09 Å². The summed E-state index contributed by atoms with van der Waals surface area (Å²) in [6.45, 7) is 6.58. The van der Waals surface area contributed by atoms with E-state index in [0.717, 1.165) is 12.8 Å². The first-order valence-electron chi connectivity index (χ1n) is 11.9. The molecule has 1 amide bonds. The van der Waals surface area contributed by atoms with Gasteiger partial charge in [0.05, 0.1) is 13.0 Å². The van der Waals surface area contributed by atoms with Gasteiger partial charge in [0, 0.05) is 6.54 Å². The van der Waals surface area contributed by atoms with Gasteiger partial charge in [-0.15, -0.1) is 0 Å². The normalized spacial score (nSPS) is 10.5. The van der Waals surface area contributed by atoms with Crippen LogP contribution in [-0.2, 0) is 14.3 Å². The maximum Gasteiger partial charge on any atom is 0.407 e. The molecule has 0 atom stereocenters. The number of unbranched alkanes of at least 4 members (excludes halogenated alkanes) is 14. The fourth-order valence-corrected chi connectivity index (χ4v) is 3.18. The molecule has 0 aromatic heterocycles. The number of amides is 1. The van der Waals surface area contributed by atoms with E-state index in [9.17, 15) is 9.59 Å². The van der Waals surface area contributed by atoms with Crippen molar-refractivity contribution in [2.45, 2.75) is 110 Å². The molecule has 0 unspecified atom stereocenters. The van der Waals surface area contributed by atoms with Crippen LogP contribution in [0.1, 0.15) is 110 Å². The highest BCUT2D eigenvalue weighted by molar-refractivity contribution is 5.71. The van der Waals surface area contributed by atoms with Crippen LogP contribution in [0.3, 0.4) is 0 Å². The van der Waals surface area contributed by atoms with Crippen LogP contribution in [0.25, 0.3) is 0 Å². The summed E-state index contributed by atoms with van der Waals surface area (Å²) in [5.41, 5.74) is 0. The summed E-state index contributed by atoms with van der Waals surface area (Å²) in [5.74, 6) is -0.278. The lowest BCUT2D eigenvalue weighted by Crippen LogP contribution is -2.27. The van der Waals surface area contributed by atoms with Crippen molar-refractivity contribution in [1.82, 2.24) is 5.32 Å². The van der Waals surface area contributed by atoms with Crippen molar-refractivity contribution in [2.24, 2.45) is 0 Å². The Morgan fingerprint density at radius 3 is 1.72 bits per heavy atom. The van der Waals surface area contributed by atoms with E-state index in [4.69, 9.17) is 9.47 Å². The minimum Gasteiger partial charge on any atom is -0.466 e. The third-order valence-corrected chi connectivity index (χ3v) is 4.94. The van der Waals surface area contributed by atoms with Crippen LogP contribution in [-0.4, -0.2) is 31.8 Å². The zero-order chi connectivity index (χ0) is 21.4. The van der Waals surface area contributed by atoms with Gasteiger partial charge in [0.25, 0.3) is 0 Å². The minimum atomic E-state index is -0.542. The van der Waals surface area contributed by atoms with Gasteiger partial charge in [-0.3, -0.25) is 4.79 Å². The van der Waals surface area contributed by atoms with Gasteiger partial charge in [-0.1, -0.05) is 109 Å². The number of rotatable bonds is 21. The number of nitrogens with one attached hydrogen (secondary N) is 1. The topological polar surface area (TPSA) is 64.6 Å². The van der Waals surface area contributed by atoms with Crippen molar-refractivity contribution in [2.75, 3.05) is 19.8 Å². The molecule has 0 saturated heterocycles. The van der Waals surface area contributed by atoms with Crippen molar-refractivity contribution in [3.05, 3.63) is 12.7 Å². The van der Waals surface area contributed by atoms with Gasteiger partial charge >= 0.3 is 12.1 Å². The molecule has 170 valence electrons. The maximum absolute atomic E-state index is 11.6. The average molecular weight is 412 g/mol. The molecule has 29 heavy (non-hydrogen) atoms. The lowest BCUT2D eigenvalue weighted by atomic mass is 10.0. The van der Waals surface area contributed by atoms with Crippen LogP contribution in [0, 0.1) is 0 Å². The van der Waals surface area contributed by atoms with Crippen molar-refractivity contribution in [3.63, 3.8) is 0 Å². The molecule has 5 nitrogen and oxygen atoms in total. The number of hydrogen-bond acceptors (Lipinski definition) is 4. The Kier molecular flexibility index (Phi) is 21.6. The second kappa shape index (κ2) is 22.8. The Balaban J connectivity index is 3.20. The minimum absolute atomic E-state index is 0.162. The lowest BCUT2D eigenvalue weighted by molar-refractivity contribution is -0.143. The molecule has 0 aromatic rings. The Morgan fingerprint density at radius 2 is 1.24 bits per heavy atom. The van der Waals surface area contributed by atoms with Crippen LogP contribution in [0.4, 0.5) is 4.79 Å². The molecule has 0 radical (unpaired) electrons. The van der Waals surface area contributed by atoms with Gasteiger partial charge < -0.3 is 14.8 Å². The van der Waals surface area contributed by atoms with Gasteiger partial charge in [0.15, 0.2) is 0 Å². The number of esters is 1. The Labute approximate surface area is 179 Å². The number of carbonyl (C=O) groups excluding carboxylic acids is 2. The van der Waals surface area contributed by atoms with Gasteiger partial charge in [0.1, 0.15) is 6.61 Å². The van der Waals surface area contributed by atoms with Crippen molar-refractivity contribution >= 4 is 12.1 Å². The fraction of sp³-hybridized carbons (Fsp3) is 0.833. The van der Waals surface area contributed by atoms with Crippen molar-refractivity contribution in [1.29, 1.82) is 0 Å². The Morgan fingerprint density at radius 1 is 0.759 bits per heavy atom. The maximum atomic E-state index is 11.6. The summed E-state index contributed by atoms with van der Waals surface area (Å²) in [6.07, 6.45) is 20.9. The zero-order valence-corrected chi connectivity index (χ0v) is 18.9. The molecule has 0 aromatic carbocycles. The molecule has 5 heteroatoms. The molecule has 0 saturated carbocycles. The summed E-state index contributed by atoms with van der Waals surface area (Å²) in [6, 6.07) is 0. The van der Waals surface area contributed by atoms with E-state index in [2.05, 4.69) is 18.8 Å². The second-order valence-corrected chi connectivity index (χ2v) is 7.73. The average Bonchev–Trinajstić information content (AvgIpc) is 2.72. The Hall–Kier alpha value is -1.52. The monoisotopic (exact) mass is 411 g/mol. The summed E-state index contributed by atoms with van der Waals surface area (Å²) < 4.78 is 9.92. The van der Waals surface area contributed by atoms with Crippen LogP contribution in [0.2, 0.25) is 0 Å². The largest absolute Gasteiger partial charge is 0.466 e. The first-order chi connectivity index (χ1) is 14.2. The molecule has 0 rings (SSSR count). The van der Waals surface area contributed by atoms with Crippen molar-refractivity contribution < 1.29 is 19.1 Å². The summed E-state index contributed by atoms with van der Waals surface area (Å²) >= 11 is 0. The highest BCUT2D eigenvalue weighted by atomic mass is 16.5. The molecule has 1 N–H and O–H groups in total. The summed E-state index contributed by atoms with van der Waals surface area (Å²) in [7, 11) is 0. The highest BCUT2D eigenvalue weighted by Gasteiger charge is 2.05. The molecule has 0 aliphatic rings. The van der Waals surface area contributed by atoms with E-state index in [1.165, 1.54) is 89.5 Å². The molecular formula is C24H45NO4. The predicted molar refractivity (Wildman–Crippen MR) is 120 cm³/mol. The van der Waals surface area contributed by atoms with E-state index in [1.807, 2.05) is 0 Å². The summed E-state index contributed by atoms with van der Waals surface area (Å²) in [4.78, 5) is 22.7. The number of ether oxygens (including phenoxy) is 2. The van der Waals surface area contributed by atoms with Gasteiger partial charge in [-0.05, 0) is 6.42 Å². The standard InChI is InChI=1S/C24H45NO4/c1-3-5-6-7-8-9-10-11-12-13-14-15-16-17-18-22-28-23(26)19-20-25-24(27)29-21-4-2/h4H,2-3,5-22H2,1H3,(H,25,27). The molecule has 0 aliphatic carbocycles. The number of alkyl carbamates (subject to hydrolysis) is 1. The third kappa shape index (κ3) is 22.6. The Bertz CT molecular complexity index is 398. The number of hydrogen-bond donors (Lipinski definition) is 1. The number of carbonyl (C=O) groups is 2. The highest BCUT2D eigenvalue weighted by Crippen LogP contribution is 2.13. The van der Waals surface area contributed by atoms with E-state index in [1.54, 1.807) is 0 Å². The van der Waals surface area contributed by atoms with Gasteiger partial charge in [0.2, 0.25) is 0 Å². The van der Waals surface area contributed by atoms with Crippen molar-refractivity contribution in [3.8, 4) is 0 Å². The first-order valence-corrected chi connectivity index (χ1v) is 11.9. The lowest BCUT2D eigenvalue weighted by Gasteiger charge is -2.06. The molecule has 0 heterocycles. The van der Waals surface area contributed by atoms with E-state index in [0.29, 0.717) is 6.61 Å². The predicted octanol–water partition coefficient (Wildman–Crippen LogP) is 6.70. The summed E-state index contributed by atoms with van der Waals surface area (Å²) in [5, 5.41) is 2.49. The smallest absolute Gasteiger partial charge is 0.407 e. The third-order valence-electron chi connectivity index (χ3n) is 4.94. The molecule has 0 spiro atoms. The van der Waals surface area contributed by atoms with Crippen LogP contribution < -0.4 is 5.32 Å². The second-order valence-electron chi connectivity index (χ2n) is 7.73. The quantitative estimate of drug-likeness (QED) is 0.130. The van der Waals surface area contributed by atoms with Crippen LogP contribution in [0.15, 0.2) is 12.7 Å². The van der Waals surface area contributed by atoms with E-state index >= 15 is 0 Å². The van der Waals surface area contributed by atoms with Crippen LogP contribution >= 0.6 is 0 Å². The molecule has 0 bridgehead atoms. The van der Waals surface area contributed by atoms with Gasteiger partial charge in [-0.2, -0.15) is 0 Å². The fourth-order valence-electron chi connectivity index (χ4n) is 3.18. The zero-order valence-electron chi connectivity index (χ0n) is 18.9. The van der Waals surface area contributed by atoms with E-state index in [-0.39, 0.29) is 25.5 Å². The molecule has 0 aliphatic heterocycles. The molecule has 0 fully saturated rings. The van der Waals surface area contributed by atoms with Gasteiger partial charge in [-0.25, -0.2) is 4.79 Å². The molecular weight excluding hydrogens is 366 g/mol.